The molecule has 1 aliphatic rings. The molecule has 0 N–H and O–H groups in total. The van der Waals surface area contributed by atoms with Crippen LogP contribution in [0.2, 0.25) is 0 Å². The lowest BCUT2D eigenvalue weighted by Gasteiger charge is -2.24. The predicted octanol–water partition coefficient (Wildman–Crippen LogP) is 2.85. The first kappa shape index (κ1) is 12.9. The highest BCUT2D eigenvalue weighted by Crippen LogP contribution is 2.26. The van der Waals surface area contributed by atoms with Gasteiger partial charge in [0, 0.05) is 12.3 Å². The van der Waals surface area contributed by atoms with Crippen LogP contribution in [0, 0.1) is 5.92 Å². The van der Waals surface area contributed by atoms with Crippen LogP contribution in [0.5, 0.6) is 5.88 Å². The van der Waals surface area contributed by atoms with Crippen molar-refractivity contribution < 1.29 is 14.3 Å². The summed E-state index contributed by atoms with van der Waals surface area (Å²) in [5, 5.41) is 4.04. The van der Waals surface area contributed by atoms with Crippen molar-refractivity contribution >= 4 is 6.09 Å². The van der Waals surface area contributed by atoms with Gasteiger partial charge in [0.05, 0.1) is 6.61 Å². The molecule has 0 atom stereocenters. The molecule has 2 rings (SSSR count). The van der Waals surface area contributed by atoms with Crippen LogP contribution in [-0.4, -0.2) is 28.1 Å². The second-order valence-electron chi connectivity index (χ2n) is 5.69. The second-order valence-corrected chi connectivity index (χ2v) is 5.69. The van der Waals surface area contributed by atoms with Crippen LogP contribution in [0.15, 0.2) is 12.3 Å². The third-order valence-electron chi connectivity index (χ3n) is 2.84. The van der Waals surface area contributed by atoms with Gasteiger partial charge in [0.2, 0.25) is 5.88 Å². The summed E-state index contributed by atoms with van der Waals surface area (Å²) in [4.78, 5) is 11.7. The zero-order valence-corrected chi connectivity index (χ0v) is 11.2. The first-order chi connectivity index (χ1) is 8.44. The molecule has 1 aliphatic carbocycles. The third kappa shape index (κ3) is 3.48. The van der Waals surface area contributed by atoms with Gasteiger partial charge in [-0.05, 0) is 39.5 Å². The van der Waals surface area contributed by atoms with Crippen molar-refractivity contribution in [3.05, 3.63) is 12.3 Å². The molecule has 5 heteroatoms. The normalized spacial score (nSPS) is 16.2. The average Bonchev–Trinajstić information content (AvgIpc) is 2.61. The Morgan fingerprint density at radius 2 is 2.22 bits per heavy atom. The molecule has 1 saturated carbocycles. The van der Waals surface area contributed by atoms with Crippen LogP contribution in [0.25, 0.3) is 0 Å². The Balaban J connectivity index is 1.86. The van der Waals surface area contributed by atoms with E-state index in [2.05, 4.69) is 5.10 Å². The van der Waals surface area contributed by atoms with Gasteiger partial charge in [-0.3, -0.25) is 0 Å². The van der Waals surface area contributed by atoms with Gasteiger partial charge in [-0.25, -0.2) is 4.79 Å². The molecule has 18 heavy (non-hydrogen) atoms. The van der Waals surface area contributed by atoms with E-state index in [9.17, 15) is 4.79 Å². The van der Waals surface area contributed by atoms with E-state index in [0.29, 0.717) is 18.4 Å². The Hall–Kier alpha value is -1.52. The quantitative estimate of drug-likeness (QED) is 0.830. The number of hydrogen-bond acceptors (Lipinski definition) is 4. The van der Waals surface area contributed by atoms with Crippen molar-refractivity contribution in [2.45, 2.75) is 45.6 Å². The van der Waals surface area contributed by atoms with E-state index < -0.39 is 11.7 Å². The summed E-state index contributed by atoms with van der Waals surface area (Å²) in [6, 6.07) is 1.68. The minimum Gasteiger partial charge on any atom is -0.476 e. The van der Waals surface area contributed by atoms with Gasteiger partial charge in [0.25, 0.3) is 0 Å². The standard InChI is InChI=1S/C13H20N2O3/c1-13(2,3)18-12(16)15-8-7-11(14-15)17-9-10-5-4-6-10/h7-8,10H,4-6,9H2,1-3H3. The van der Waals surface area contributed by atoms with Crippen molar-refractivity contribution in [2.24, 2.45) is 5.92 Å². The third-order valence-corrected chi connectivity index (χ3v) is 2.84. The molecule has 1 aromatic heterocycles. The Bertz CT molecular complexity index is 416. The monoisotopic (exact) mass is 252 g/mol. The van der Waals surface area contributed by atoms with E-state index in [-0.39, 0.29) is 0 Å². The van der Waals surface area contributed by atoms with Crippen LogP contribution < -0.4 is 4.74 Å². The molecule has 0 aromatic carbocycles. The second kappa shape index (κ2) is 5.00. The number of hydrogen-bond donors (Lipinski definition) is 0. The number of aromatic nitrogens is 2. The summed E-state index contributed by atoms with van der Waals surface area (Å²) in [7, 11) is 0. The van der Waals surface area contributed by atoms with Crippen molar-refractivity contribution in [3.8, 4) is 5.88 Å². The number of ether oxygens (including phenoxy) is 2. The van der Waals surface area contributed by atoms with Gasteiger partial charge in [-0.1, -0.05) is 6.42 Å². The Labute approximate surface area is 107 Å². The van der Waals surface area contributed by atoms with Gasteiger partial charge in [0.15, 0.2) is 0 Å². The van der Waals surface area contributed by atoms with Crippen LogP contribution in [0.4, 0.5) is 4.79 Å². The van der Waals surface area contributed by atoms with Crippen LogP contribution in [0.1, 0.15) is 40.0 Å². The largest absolute Gasteiger partial charge is 0.476 e. The topological polar surface area (TPSA) is 53.4 Å². The molecule has 0 unspecified atom stereocenters. The van der Waals surface area contributed by atoms with Crippen molar-refractivity contribution in [1.29, 1.82) is 0 Å². The molecular formula is C13H20N2O3. The zero-order chi connectivity index (χ0) is 13.2. The van der Waals surface area contributed by atoms with E-state index >= 15 is 0 Å². The predicted molar refractivity (Wildman–Crippen MR) is 66.7 cm³/mol. The zero-order valence-electron chi connectivity index (χ0n) is 11.2. The van der Waals surface area contributed by atoms with E-state index in [1.165, 1.54) is 23.9 Å². The highest BCUT2D eigenvalue weighted by molar-refractivity contribution is 5.69. The number of rotatable bonds is 3. The first-order valence-corrected chi connectivity index (χ1v) is 6.36. The van der Waals surface area contributed by atoms with Crippen molar-refractivity contribution in [3.63, 3.8) is 0 Å². The maximum atomic E-state index is 11.7. The SMILES string of the molecule is CC(C)(C)OC(=O)n1ccc(OCC2CCC2)n1. The average molecular weight is 252 g/mol. The summed E-state index contributed by atoms with van der Waals surface area (Å²) in [6.45, 7) is 6.15. The van der Waals surface area contributed by atoms with Gasteiger partial charge >= 0.3 is 6.09 Å². The smallest absolute Gasteiger partial charge is 0.435 e. The van der Waals surface area contributed by atoms with E-state index in [1.54, 1.807) is 12.3 Å². The Morgan fingerprint density at radius 1 is 1.50 bits per heavy atom. The fourth-order valence-corrected chi connectivity index (χ4v) is 1.66. The molecule has 0 amide bonds. The lowest BCUT2D eigenvalue weighted by atomic mass is 9.86. The van der Waals surface area contributed by atoms with E-state index in [1.807, 2.05) is 20.8 Å². The molecule has 0 spiro atoms. The van der Waals surface area contributed by atoms with Gasteiger partial charge < -0.3 is 9.47 Å². The van der Waals surface area contributed by atoms with Crippen LogP contribution in [0.3, 0.4) is 0 Å². The van der Waals surface area contributed by atoms with Gasteiger partial charge in [-0.2, -0.15) is 4.68 Å². The van der Waals surface area contributed by atoms with E-state index in [0.717, 1.165) is 0 Å². The van der Waals surface area contributed by atoms with Crippen LogP contribution >= 0.6 is 0 Å². The molecule has 0 aliphatic heterocycles. The van der Waals surface area contributed by atoms with Crippen LogP contribution in [-0.2, 0) is 4.74 Å². The molecular weight excluding hydrogens is 232 g/mol. The van der Waals surface area contributed by atoms with Crippen molar-refractivity contribution in [1.82, 2.24) is 9.78 Å². The number of carbonyl (C=O) groups is 1. The minimum atomic E-state index is -0.518. The molecule has 1 heterocycles. The number of carbonyl (C=O) groups excluding carboxylic acids is 1. The molecule has 100 valence electrons. The summed E-state index contributed by atoms with van der Waals surface area (Å²) in [5.74, 6) is 1.13. The fraction of sp³-hybridized carbons (Fsp3) is 0.692. The molecule has 0 bridgehead atoms. The summed E-state index contributed by atoms with van der Waals surface area (Å²) in [6.07, 6.45) is 4.82. The van der Waals surface area contributed by atoms with E-state index in [4.69, 9.17) is 9.47 Å². The minimum absolute atomic E-state index is 0.479. The van der Waals surface area contributed by atoms with Gasteiger partial charge in [0.1, 0.15) is 5.60 Å². The number of nitrogens with zero attached hydrogens (tertiary/aromatic N) is 2. The molecule has 0 saturated heterocycles. The fourth-order valence-electron chi connectivity index (χ4n) is 1.66. The highest BCUT2D eigenvalue weighted by Gasteiger charge is 2.20. The summed E-state index contributed by atoms with van der Waals surface area (Å²) in [5.41, 5.74) is -0.518. The Morgan fingerprint density at radius 3 is 2.78 bits per heavy atom. The molecule has 0 radical (unpaired) electrons. The summed E-state index contributed by atoms with van der Waals surface area (Å²) >= 11 is 0. The summed E-state index contributed by atoms with van der Waals surface area (Å²) < 4.78 is 11.9. The lowest BCUT2D eigenvalue weighted by molar-refractivity contribution is 0.0510. The molecule has 1 fully saturated rings. The maximum absolute atomic E-state index is 11.7. The molecule has 1 aromatic rings. The van der Waals surface area contributed by atoms with Gasteiger partial charge in [-0.15, -0.1) is 5.10 Å². The Kier molecular flexibility index (Phi) is 3.59. The lowest BCUT2D eigenvalue weighted by Crippen LogP contribution is -2.27. The highest BCUT2D eigenvalue weighted by atomic mass is 16.6. The van der Waals surface area contributed by atoms with Crippen molar-refractivity contribution in [2.75, 3.05) is 6.61 Å². The molecule has 5 nitrogen and oxygen atoms in total. The first-order valence-electron chi connectivity index (χ1n) is 6.36. The maximum Gasteiger partial charge on any atom is 0.435 e.